The van der Waals surface area contributed by atoms with Gasteiger partial charge in [-0.15, -0.1) is 0 Å². The van der Waals surface area contributed by atoms with Gasteiger partial charge in [-0.05, 0) is 35.3 Å². The summed E-state index contributed by atoms with van der Waals surface area (Å²) in [6, 6.07) is 10.2. The molecule has 1 aliphatic rings. The molecule has 0 aliphatic heterocycles. The maximum atomic E-state index is 13.4. The fourth-order valence-electron chi connectivity index (χ4n) is 3.70. The molecular weight excluding hydrogens is 536 g/mol. The predicted molar refractivity (Wildman–Crippen MR) is 132 cm³/mol. The predicted octanol–water partition coefficient (Wildman–Crippen LogP) is 4.13. The monoisotopic (exact) mass is 548 g/mol. The van der Waals surface area contributed by atoms with Crippen LogP contribution in [0.4, 0.5) is 5.69 Å². The number of carbonyl (C=O) groups excluding carboxylic acids is 3. The van der Waals surface area contributed by atoms with Crippen LogP contribution in [0.25, 0.3) is 25.8 Å². The van der Waals surface area contributed by atoms with Crippen molar-refractivity contribution in [2.75, 3.05) is 0 Å². The number of ketones is 3. The van der Waals surface area contributed by atoms with E-state index in [-0.39, 0.29) is 11.3 Å². The zero-order valence-electron chi connectivity index (χ0n) is 19.1. The summed E-state index contributed by atoms with van der Waals surface area (Å²) in [7, 11) is -5.28. The van der Waals surface area contributed by atoms with Crippen molar-refractivity contribution < 1.29 is 42.3 Å². The van der Waals surface area contributed by atoms with Crippen LogP contribution in [0.15, 0.2) is 70.5 Å². The maximum absolute atomic E-state index is 13.4. The lowest BCUT2D eigenvalue weighted by molar-refractivity contribution is -0.111. The molecule has 0 unspecified atom stereocenters. The van der Waals surface area contributed by atoms with Crippen LogP contribution in [-0.2, 0) is 14.9 Å². The Morgan fingerprint density at radius 2 is 1.56 bits per heavy atom. The molecule has 0 aromatic heterocycles. The number of phenols is 3. The minimum atomic E-state index is -5.28. The van der Waals surface area contributed by atoms with E-state index >= 15 is 0 Å². The molecule has 0 spiro atoms. The van der Waals surface area contributed by atoms with E-state index < -0.39 is 77.7 Å². The molecule has 0 saturated heterocycles. The van der Waals surface area contributed by atoms with Gasteiger partial charge in [0, 0.05) is 32.2 Å². The largest absolute Gasteiger partial charge is 0.508 e. The Bertz CT molecular complexity index is 1850. The first-order valence-corrected chi connectivity index (χ1v) is 11.8. The molecule has 4 rings (SSSR count). The summed E-state index contributed by atoms with van der Waals surface area (Å²) in [4.78, 5) is 41.7. The van der Waals surface area contributed by atoms with E-state index in [1.165, 1.54) is 24.3 Å². The van der Waals surface area contributed by atoms with Gasteiger partial charge in [0.1, 0.15) is 16.4 Å². The minimum Gasteiger partial charge on any atom is -0.508 e. The highest BCUT2D eigenvalue weighted by Crippen LogP contribution is 2.44. The van der Waals surface area contributed by atoms with Crippen molar-refractivity contribution in [3.05, 3.63) is 103 Å². The lowest BCUT2D eigenvalue weighted by Crippen LogP contribution is -2.27. The highest BCUT2D eigenvalue weighted by molar-refractivity contribution is 7.96. The summed E-state index contributed by atoms with van der Waals surface area (Å²) in [5.74, 6) is -7.04. The first-order chi connectivity index (χ1) is 18.5. The fraction of sp³-hybridized carbons (Fsp3) is 0. The number of aromatic hydroxyl groups is 3. The Morgan fingerprint density at radius 3 is 2.23 bits per heavy atom. The van der Waals surface area contributed by atoms with Gasteiger partial charge < -0.3 is 19.5 Å². The summed E-state index contributed by atoms with van der Waals surface area (Å²) >= 11 is 0. The lowest BCUT2D eigenvalue weighted by atomic mass is 9.92. The summed E-state index contributed by atoms with van der Waals surface area (Å²) in [5.41, 5.74) is 14.6. The molecular formula is C23H12N6O9S. The van der Waals surface area contributed by atoms with Crippen LogP contribution in [0.5, 0.6) is 23.0 Å². The van der Waals surface area contributed by atoms with Gasteiger partial charge in [0.25, 0.3) is 0 Å². The second-order valence-corrected chi connectivity index (χ2v) is 9.12. The van der Waals surface area contributed by atoms with Crippen LogP contribution in [0.2, 0.25) is 0 Å². The number of allylic oxidation sites excluding steroid dienone is 1. The van der Waals surface area contributed by atoms with Gasteiger partial charge in [-0.25, -0.2) is 0 Å². The molecule has 3 aromatic rings. The van der Waals surface area contributed by atoms with Gasteiger partial charge >= 0.3 is 10.1 Å². The van der Waals surface area contributed by atoms with Crippen molar-refractivity contribution in [3.8, 4) is 23.0 Å². The van der Waals surface area contributed by atoms with Crippen molar-refractivity contribution in [1.29, 1.82) is 0 Å². The highest BCUT2D eigenvalue weighted by Gasteiger charge is 2.41. The van der Waals surface area contributed by atoms with Crippen LogP contribution < -0.4 is 4.18 Å². The molecule has 0 saturated carbocycles. The van der Waals surface area contributed by atoms with Crippen LogP contribution in [0.1, 0.15) is 31.8 Å². The van der Waals surface area contributed by atoms with E-state index in [1.807, 2.05) is 0 Å². The van der Waals surface area contributed by atoms with Gasteiger partial charge in [-0.2, -0.15) is 8.42 Å². The second kappa shape index (κ2) is 9.91. The summed E-state index contributed by atoms with van der Waals surface area (Å²) < 4.78 is 31.7. The number of rotatable bonds is 7. The molecule has 0 amide bonds. The van der Waals surface area contributed by atoms with Crippen LogP contribution in [-0.4, -0.2) is 41.1 Å². The average Bonchev–Trinajstić information content (AvgIpc) is 2.90. The molecule has 0 fully saturated rings. The Morgan fingerprint density at radius 1 is 0.872 bits per heavy atom. The van der Waals surface area contributed by atoms with Gasteiger partial charge in [-0.1, -0.05) is 40.6 Å². The van der Waals surface area contributed by atoms with Crippen molar-refractivity contribution >= 4 is 38.1 Å². The van der Waals surface area contributed by atoms with E-state index in [0.29, 0.717) is 0 Å². The number of hydrogen-bond donors (Lipinski definition) is 3. The van der Waals surface area contributed by atoms with Crippen molar-refractivity contribution in [1.82, 2.24) is 0 Å². The van der Waals surface area contributed by atoms with Gasteiger partial charge in [0.05, 0.1) is 5.56 Å². The zero-order chi connectivity index (χ0) is 28.5. The first kappa shape index (κ1) is 26.2. The van der Waals surface area contributed by atoms with E-state index in [9.17, 15) is 38.1 Å². The molecule has 0 atom stereocenters. The van der Waals surface area contributed by atoms with E-state index in [1.54, 1.807) is 0 Å². The Labute approximate surface area is 217 Å². The summed E-state index contributed by atoms with van der Waals surface area (Å²) in [6.07, 6.45) is 0. The lowest BCUT2D eigenvalue weighted by Gasteiger charge is -2.21. The smallest absolute Gasteiger partial charge is 0.340 e. The third-order valence-corrected chi connectivity index (χ3v) is 6.66. The number of carbonyl (C=O) groups is 3. The quantitative estimate of drug-likeness (QED) is 0.0728. The molecule has 0 heterocycles. The Hall–Kier alpha value is -5.82. The van der Waals surface area contributed by atoms with E-state index in [4.69, 9.17) is 15.2 Å². The molecule has 3 N–H and O–H groups in total. The van der Waals surface area contributed by atoms with Crippen LogP contribution in [0, 0.1) is 0 Å². The molecule has 0 bridgehead atoms. The number of phenolic OH excluding ortho intramolecular Hbond substituents is 3. The SMILES string of the molecule is [N-]=[N+]=NC1=C(S(=O)(=O)Oc2ccc(C(=O)c3cccc(O)c3)c(O)c2O)c2c(N=[N+]=[N-])cccc2C(=O)C1=O. The van der Waals surface area contributed by atoms with Crippen molar-refractivity contribution in [3.63, 3.8) is 0 Å². The van der Waals surface area contributed by atoms with Gasteiger partial charge in [0.15, 0.2) is 17.3 Å². The standard InChI is InChI=1S/C23H12N6O9S/c24-28-26-14-6-2-5-12-16(14)23(17(27-29-25)22(35)19(12)32)39(36,37)38-15-8-7-13(20(33)21(15)34)18(31)10-3-1-4-11(30)9-10/h1-9,30,33-34H. The summed E-state index contributed by atoms with van der Waals surface area (Å²) in [6.45, 7) is 0. The van der Waals surface area contributed by atoms with Gasteiger partial charge in [0.2, 0.25) is 17.3 Å². The van der Waals surface area contributed by atoms with Gasteiger partial charge in [-0.3, -0.25) is 14.4 Å². The Kier molecular flexibility index (Phi) is 6.67. The molecule has 0 radical (unpaired) electrons. The number of fused-ring (bicyclic) bond motifs is 1. The third-order valence-electron chi connectivity index (χ3n) is 5.36. The maximum Gasteiger partial charge on any atom is 0.340 e. The molecule has 1 aliphatic carbocycles. The average molecular weight is 548 g/mol. The van der Waals surface area contributed by atoms with E-state index in [2.05, 4.69) is 20.1 Å². The fourth-order valence-corrected chi connectivity index (χ4v) is 4.99. The highest BCUT2D eigenvalue weighted by atomic mass is 32.2. The zero-order valence-corrected chi connectivity index (χ0v) is 19.9. The van der Waals surface area contributed by atoms with Crippen LogP contribution in [0.3, 0.4) is 0 Å². The second-order valence-electron chi connectivity index (χ2n) is 7.64. The molecule has 3 aromatic carbocycles. The van der Waals surface area contributed by atoms with Crippen LogP contribution >= 0.6 is 0 Å². The Balaban J connectivity index is 1.87. The third kappa shape index (κ3) is 4.56. The minimum absolute atomic E-state index is 0.0669. The number of nitrogens with zero attached hydrogens (tertiary/aromatic N) is 6. The van der Waals surface area contributed by atoms with E-state index in [0.717, 1.165) is 30.3 Å². The molecule has 16 heteroatoms. The number of Topliss-reactive ketones (excluding diaryl/α,β-unsaturated/α-hetero) is 2. The molecule has 39 heavy (non-hydrogen) atoms. The number of azide groups is 2. The number of benzene rings is 3. The normalized spacial score (nSPS) is 12.7. The topological polar surface area (TPSA) is 253 Å². The van der Waals surface area contributed by atoms with Crippen molar-refractivity contribution in [2.45, 2.75) is 0 Å². The molecule has 15 nitrogen and oxygen atoms in total. The first-order valence-electron chi connectivity index (χ1n) is 10.4. The summed E-state index contributed by atoms with van der Waals surface area (Å²) in [5, 5.41) is 36.8. The number of hydrogen-bond acceptors (Lipinski definition) is 11. The molecule has 194 valence electrons. The van der Waals surface area contributed by atoms with Crippen molar-refractivity contribution in [2.24, 2.45) is 10.2 Å².